The Morgan fingerprint density at radius 3 is 2.80 bits per heavy atom. The number of nitro groups is 1. The summed E-state index contributed by atoms with van der Waals surface area (Å²) < 4.78 is 6.80. The Hall–Kier alpha value is -3.73. The van der Waals surface area contributed by atoms with Crippen LogP contribution in [0.3, 0.4) is 0 Å². The van der Waals surface area contributed by atoms with Gasteiger partial charge in [0.25, 0.3) is 5.69 Å². The minimum atomic E-state index is -0.480. The molecule has 2 heterocycles. The van der Waals surface area contributed by atoms with Crippen molar-refractivity contribution in [2.24, 2.45) is 0 Å². The van der Waals surface area contributed by atoms with E-state index in [-0.39, 0.29) is 17.2 Å². The van der Waals surface area contributed by atoms with Crippen LogP contribution in [0.4, 0.5) is 5.69 Å². The number of hydrogen-bond donors (Lipinski definition) is 1. The lowest BCUT2D eigenvalue weighted by Crippen LogP contribution is -2.18. The summed E-state index contributed by atoms with van der Waals surface area (Å²) in [5, 5.41) is 21.9. The fourth-order valence-electron chi connectivity index (χ4n) is 2.81. The molecule has 152 valence electrons. The number of non-ortho nitro benzene ring substituents is 1. The largest absolute Gasteiger partial charge is 0.343 e. The van der Waals surface area contributed by atoms with Gasteiger partial charge in [-0.1, -0.05) is 59.4 Å². The number of nitrogens with zero attached hydrogens (tertiary/aromatic N) is 5. The first kappa shape index (κ1) is 19.6. The minimum Gasteiger partial charge on any atom is -0.338 e. The van der Waals surface area contributed by atoms with Crippen LogP contribution in [0, 0.1) is 10.1 Å². The van der Waals surface area contributed by atoms with Crippen molar-refractivity contribution in [1.29, 1.82) is 0 Å². The van der Waals surface area contributed by atoms with E-state index in [0.717, 1.165) is 5.56 Å². The van der Waals surface area contributed by atoms with Gasteiger partial charge in [0.2, 0.25) is 11.7 Å². The molecule has 0 saturated carbocycles. The van der Waals surface area contributed by atoms with Crippen molar-refractivity contribution in [3.8, 4) is 11.4 Å². The average molecular weight is 424 g/mol. The van der Waals surface area contributed by atoms with Crippen LogP contribution in [-0.4, -0.2) is 29.8 Å². The lowest BCUT2D eigenvalue weighted by molar-refractivity contribution is -0.384. The van der Waals surface area contributed by atoms with Gasteiger partial charge < -0.3 is 4.52 Å². The molecule has 2 aromatic carbocycles. The highest BCUT2D eigenvalue weighted by Crippen LogP contribution is 2.24. The van der Waals surface area contributed by atoms with Gasteiger partial charge in [-0.2, -0.15) is 4.98 Å². The van der Waals surface area contributed by atoms with Crippen LogP contribution in [0.25, 0.3) is 11.4 Å². The molecule has 1 N–H and O–H groups in total. The first-order valence-electron chi connectivity index (χ1n) is 8.99. The zero-order valence-corrected chi connectivity index (χ0v) is 16.4. The Morgan fingerprint density at radius 1 is 1.17 bits per heavy atom. The topological polar surface area (TPSA) is 133 Å². The molecule has 0 atom stereocenters. The zero-order chi connectivity index (χ0) is 20.9. The molecule has 0 aliphatic carbocycles. The molecule has 0 fully saturated rings. The summed E-state index contributed by atoms with van der Waals surface area (Å²) >= 11 is 1.29. The van der Waals surface area contributed by atoms with E-state index >= 15 is 0 Å². The van der Waals surface area contributed by atoms with Crippen molar-refractivity contribution in [3.63, 3.8) is 0 Å². The zero-order valence-electron chi connectivity index (χ0n) is 15.6. The molecule has 2 aromatic heterocycles. The van der Waals surface area contributed by atoms with E-state index in [1.807, 2.05) is 30.3 Å². The number of benzene rings is 2. The van der Waals surface area contributed by atoms with Crippen molar-refractivity contribution in [3.05, 3.63) is 86.7 Å². The van der Waals surface area contributed by atoms with Gasteiger partial charge in [-0.3, -0.25) is 14.7 Å². The van der Waals surface area contributed by atoms with Gasteiger partial charge in [0.1, 0.15) is 0 Å². The van der Waals surface area contributed by atoms with Gasteiger partial charge in [0.15, 0.2) is 5.16 Å². The van der Waals surface area contributed by atoms with Crippen LogP contribution in [0.5, 0.6) is 0 Å². The first-order chi connectivity index (χ1) is 14.6. The maximum atomic E-state index is 12.1. The number of rotatable bonds is 8. The van der Waals surface area contributed by atoms with Crippen molar-refractivity contribution >= 4 is 17.4 Å². The summed E-state index contributed by atoms with van der Waals surface area (Å²) in [5.41, 5.74) is 1.28. The molecule has 0 aliphatic rings. The number of nitro benzene ring substituents is 1. The number of nitrogens with one attached hydrogen (secondary N) is 1. The van der Waals surface area contributed by atoms with Crippen molar-refractivity contribution in [1.82, 2.24) is 24.9 Å². The number of H-pyrrole nitrogens is 1. The summed E-state index contributed by atoms with van der Waals surface area (Å²) in [6.07, 6.45) is 0.700. The third kappa shape index (κ3) is 4.46. The number of hydrogen-bond acceptors (Lipinski definition) is 8. The Balaban J connectivity index is 1.43. The second kappa shape index (κ2) is 8.74. The van der Waals surface area contributed by atoms with Crippen LogP contribution < -0.4 is 5.69 Å². The normalized spacial score (nSPS) is 10.9. The standard InChI is InChI=1S/C19H16N6O4S/c26-18-21-22-19(24(18)10-9-13-5-2-1-3-6-13)30-12-16-20-17(23-29-16)14-7-4-8-15(11-14)25(27)28/h1-8,11H,9-10,12H2,(H,21,26). The minimum absolute atomic E-state index is 0.0489. The molecule has 0 unspecified atom stereocenters. The maximum absolute atomic E-state index is 12.1. The molecular weight excluding hydrogens is 408 g/mol. The summed E-state index contributed by atoms with van der Waals surface area (Å²) in [5.74, 6) is 0.891. The fourth-order valence-corrected chi connectivity index (χ4v) is 3.62. The van der Waals surface area contributed by atoms with E-state index in [0.29, 0.717) is 35.3 Å². The van der Waals surface area contributed by atoms with Crippen LogP contribution in [0.2, 0.25) is 0 Å². The van der Waals surface area contributed by atoms with Gasteiger partial charge in [-0.05, 0) is 12.0 Å². The lowest BCUT2D eigenvalue weighted by atomic mass is 10.1. The molecule has 0 bridgehead atoms. The van der Waals surface area contributed by atoms with E-state index in [1.54, 1.807) is 16.7 Å². The van der Waals surface area contributed by atoms with Gasteiger partial charge in [-0.25, -0.2) is 9.89 Å². The van der Waals surface area contributed by atoms with E-state index in [4.69, 9.17) is 4.52 Å². The van der Waals surface area contributed by atoms with Crippen molar-refractivity contribution in [2.75, 3.05) is 0 Å². The molecule has 11 heteroatoms. The molecule has 30 heavy (non-hydrogen) atoms. The SMILES string of the molecule is O=c1[nH]nc(SCc2nc(-c3cccc([N+](=O)[O-])c3)no2)n1CCc1ccccc1. The molecule has 4 rings (SSSR count). The van der Waals surface area contributed by atoms with Crippen LogP contribution in [0.1, 0.15) is 11.5 Å². The fraction of sp³-hybridized carbons (Fsp3) is 0.158. The number of aromatic amines is 1. The van der Waals surface area contributed by atoms with E-state index in [2.05, 4.69) is 20.3 Å². The average Bonchev–Trinajstić information content (AvgIpc) is 3.38. The molecular formula is C19H16N6O4S. The summed E-state index contributed by atoms with van der Waals surface area (Å²) in [7, 11) is 0. The van der Waals surface area contributed by atoms with E-state index < -0.39 is 4.92 Å². The number of aryl methyl sites for hydroxylation is 1. The summed E-state index contributed by atoms with van der Waals surface area (Å²) in [4.78, 5) is 26.8. The predicted octanol–water partition coefficient (Wildman–Crippen LogP) is 3.06. The second-order valence-electron chi connectivity index (χ2n) is 6.31. The van der Waals surface area contributed by atoms with Gasteiger partial charge >= 0.3 is 5.69 Å². The highest BCUT2D eigenvalue weighted by atomic mass is 32.2. The Bertz CT molecular complexity index is 1220. The highest BCUT2D eigenvalue weighted by Gasteiger charge is 2.15. The van der Waals surface area contributed by atoms with Gasteiger partial charge in [-0.15, -0.1) is 5.10 Å². The smallest absolute Gasteiger partial charge is 0.338 e. The molecule has 0 aliphatic heterocycles. The van der Waals surface area contributed by atoms with Crippen LogP contribution in [0.15, 0.2) is 69.1 Å². The second-order valence-corrected chi connectivity index (χ2v) is 7.25. The van der Waals surface area contributed by atoms with Crippen LogP contribution in [-0.2, 0) is 18.7 Å². The molecule has 0 amide bonds. The molecule has 10 nitrogen and oxygen atoms in total. The Labute approximate surface area is 174 Å². The Morgan fingerprint density at radius 2 is 2.00 bits per heavy atom. The first-order valence-corrected chi connectivity index (χ1v) is 9.98. The van der Waals surface area contributed by atoms with Crippen LogP contribution >= 0.6 is 11.8 Å². The third-order valence-corrected chi connectivity index (χ3v) is 5.26. The highest BCUT2D eigenvalue weighted by molar-refractivity contribution is 7.98. The lowest BCUT2D eigenvalue weighted by Gasteiger charge is -2.04. The van der Waals surface area contributed by atoms with Gasteiger partial charge in [0.05, 0.1) is 10.7 Å². The molecule has 0 spiro atoms. The third-order valence-electron chi connectivity index (χ3n) is 4.30. The molecule has 4 aromatic rings. The molecule has 0 radical (unpaired) electrons. The van der Waals surface area contributed by atoms with E-state index in [1.165, 1.54) is 23.9 Å². The van der Waals surface area contributed by atoms with E-state index in [9.17, 15) is 14.9 Å². The van der Waals surface area contributed by atoms with Crippen molar-refractivity contribution in [2.45, 2.75) is 23.9 Å². The number of aromatic nitrogens is 5. The van der Waals surface area contributed by atoms with Crippen molar-refractivity contribution < 1.29 is 9.45 Å². The summed E-state index contributed by atoms with van der Waals surface area (Å²) in [6.45, 7) is 0.491. The van der Waals surface area contributed by atoms with Gasteiger partial charge in [0, 0.05) is 24.2 Å². The maximum Gasteiger partial charge on any atom is 0.343 e. The monoisotopic (exact) mass is 424 g/mol. The quantitative estimate of drug-likeness (QED) is 0.259. The summed E-state index contributed by atoms with van der Waals surface area (Å²) in [6, 6.07) is 15.9. The molecule has 0 saturated heterocycles. The number of thioether (sulfide) groups is 1. The predicted molar refractivity (Wildman–Crippen MR) is 109 cm³/mol. The Kier molecular flexibility index (Phi) is 5.70.